The molecule has 2 aliphatic heterocycles. The van der Waals surface area contributed by atoms with E-state index in [0.29, 0.717) is 18.7 Å². The third-order valence-corrected chi connectivity index (χ3v) is 5.48. The van der Waals surface area contributed by atoms with Crippen LogP contribution >= 0.6 is 12.4 Å². The third kappa shape index (κ3) is 4.94. The Morgan fingerprint density at radius 1 is 1.12 bits per heavy atom. The number of nitrogens with one attached hydrogen (secondary N) is 1. The monoisotopic (exact) mass is 367 g/mol. The van der Waals surface area contributed by atoms with Crippen LogP contribution in [0.4, 0.5) is 0 Å². The number of benzene rings is 1. The maximum absolute atomic E-state index is 12.5. The van der Waals surface area contributed by atoms with Crippen LogP contribution in [0.15, 0.2) is 24.3 Å². The molecule has 0 unspecified atom stereocenters. The summed E-state index contributed by atoms with van der Waals surface area (Å²) in [6.07, 6.45) is 5.84. The number of nitrogens with zero attached hydrogens (tertiary/aromatic N) is 1. The first kappa shape index (κ1) is 20.2. The predicted molar refractivity (Wildman–Crippen MR) is 102 cm³/mol. The third-order valence-electron chi connectivity index (χ3n) is 5.48. The van der Waals surface area contributed by atoms with E-state index in [4.69, 9.17) is 10.5 Å². The second-order valence-corrected chi connectivity index (χ2v) is 6.97. The van der Waals surface area contributed by atoms with Crippen LogP contribution in [0.1, 0.15) is 48.0 Å². The smallest absolute Gasteiger partial charge is 0.251 e. The van der Waals surface area contributed by atoms with Crippen LogP contribution in [-0.2, 0) is 11.3 Å². The Hall–Kier alpha value is -1.14. The molecule has 0 bridgehead atoms. The van der Waals surface area contributed by atoms with Gasteiger partial charge in [-0.25, -0.2) is 0 Å². The molecular weight excluding hydrogens is 338 g/mol. The van der Waals surface area contributed by atoms with Crippen molar-refractivity contribution in [3.8, 4) is 0 Å². The van der Waals surface area contributed by atoms with E-state index in [1.54, 1.807) is 0 Å². The maximum atomic E-state index is 12.5. The highest BCUT2D eigenvalue weighted by Crippen LogP contribution is 2.30. The molecule has 2 saturated heterocycles. The summed E-state index contributed by atoms with van der Waals surface area (Å²) in [4.78, 5) is 15.1. The van der Waals surface area contributed by atoms with Crippen molar-refractivity contribution >= 4 is 18.3 Å². The number of halogens is 1. The Bertz CT molecular complexity index is 538. The average molecular weight is 368 g/mol. The van der Waals surface area contributed by atoms with Crippen molar-refractivity contribution in [1.82, 2.24) is 10.2 Å². The fraction of sp³-hybridized carbons (Fsp3) is 0.632. The summed E-state index contributed by atoms with van der Waals surface area (Å²) in [5.74, 6) is 0.00134. The van der Waals surface area contributed by atoms with Gasteiger partial charge in [-0.1, -0.05) is 18.6 Å². The van der Waals surface area contributed by atoms with Gasteiger partial charge < -0.3 is 15.8 Å². The van der Waals surface area contributed by atoms with Crippen LogP contribution in [-0.4, -0.2) is 49.2 Å². The number of carbonyl (C=O) groups excluding carboxylic acids is 1. The summed E-state index contributed by atoms with van der Waals surface area (Å²) in [6, 6.07) is 7.55. The minimum absolute atomic E-state index is 0. The van der Waals surface area contributed by atoms with E-state index < -0.39 is 0 Å². The largest absolute Gasteiger partial charge is 0.381 e. The minimum atomic E-state index is 0. The molecule has 0 aromatic heterocycles. The molecule has 1 aromatic rings. The number of ether oxygens (including phenoxy) is 1. The summed E-state index contributed by atoms with van der Waals surface area (Å²) >= 11 is 0. The van der Waals surface area contributed by atoms with Crippen molar-refractivity contribution < 1.29 is 9.53 Å². The standard InChI is InChI=1S/C19H29N3O2.ClH/c20-14-16-4-6-17(7-5-16)18(23)21-15-19(8-12-24-13-9-19)22-10-2-1-3-11-22;/h4-7H,1-3,8-15,20H2,(H,21,23);1H. The zero-order valence-corrected chi connectivity index (χ0v) is 15.7. The normalized spacial score (nSPS) is 20.5. The molecule has 2 fully saturated rings. The molecule has 2 aliphatic rings. The van der Waals surface area contributed by atoms with E-state index in [-0.39, 0.29) is 23.9 Å². The van der Waals surface area contributed by atoms with E-state index in [9.17, 15) is 4.79 Å². The first-order valence-corrected chi connectivity index (χ1v) is 9.13. The molecule has 0 spiro atoms. The van der Waals surface area contributed by atoms with Gasteiger partial charge in [-0.05, 0) is 56.5 Å². The van der Waals surface area contributed by atoms with Gasteiger partial charge in [0.25, 0.3) is 5.91 Å². The maximum Gasteiger partial charge on any atom is 0.251 e. The van der Waals surface area contributed by atoms with Crippen molar-refractivity contribution in [1.29, 1.82) is 0 Å². The second-order valence-electron chi connectivity index (χ2n) is 6.97. The lowest BCUT2D eigenvalue weighted by molar-refractivity contribution is -0.0349. The van der Waals surface area contributed by atoms with Crippen molar-refractivity contribution in [2.24, 2.45) is 5.73 Å². The van der Waals surface area contributed by atoms with E-state index in [1.807, 2.05) is 24.3 Å². The fourth-order valence-corrected chi connectivity index (χ4v) is 3.86. The lowest BCUT2D eigenvalue weighted by Crippen LogP contribution is -2.59. The molecule has 0 atom stereocenters. The van der Waals surface area contributed by atoms with Crippen molar-refractivity contribution in [3.05, 3.63) is 35.4 Å². The molecule has 3 rings (SSSR count). The number of rotatable bonds is 5. The first-order valence-electron chi connectivity index (χ1n) is 9.13. The molecule has 0 aliphatic carbocycles. The molecule has 0 radical (unpaired) electrons. The minimum Gasteiger partial charge on any atom is -0.381 e. The van der Waals surface area contributed by atoms with Gasteiger partial charge in [0, 0.05) is 37.4 Å². The summed E-state index contributed by atoms with van der Waals surface area (Å²) in [6.45, 7) is 5.06. The van der Waals surface area contributed by atoms with Crippen molar-refractivity contribution in [2.45, 2.75) is 44.2 Å². The van der Waals surface area contributed by atoms with Crippen LogP contribution in [0.5, 0.6) is 0 Å². The predicted octanol–water partition coefficient (Wildman–Crippen LogP) is 2.33. The van der Waals surface area contributed by atoms with E-state index in [1.165, 1.54) is 19.3 Å². The Morgan fingerprint density at radius 2 is 1.76 bits per heavy atom. The number of nitrogens with two attached hydrogens (primary N) is 1. The second kappa shape index (κ2) is 9.53. The van der Waals surface area contributed by atoms with Crippen LogP contribution in [0, 0.1) is 0 Å². The molecule has 140 valence electrons. The topological polar surface area (TPSA) is 67.6 Å². The Balaban J connectivity index is 0.00000225. The molecule has 2 heterocycles. The number of hydrogen-bond donors (Lipinski definition) is 2. The lowest BCUT2D eigenvalue weighted by atomic mass is 9.86. The summed E-state index contributed by atoms with van der Waals surface area (Å²) in [5.41, 5.74) is 7.42. The van der Waals surface area contributed by atoms with Gasteiger partial charge in [-0.15, -0.1) is 12.4 Å². The quantitative estimate of drug-likeness (QED) is 0.838. The number of amides is 1. The molecule has 1 amide bonds. The van der Waals surface area contributed by atoms with Gasteiger partial charge in [0.2, 0.25) is 0 Å². The molecule has 0 saturated carbocycles. The Labute approximate surface area is 156 Å². The molecule has 25 heavy (non-hydrogen) atoms. The van der Waals surface area contributed by atoms with Gasteiger partial charge >= 0.3 is 0 Å². The highest BCUT2D eigenvalue weighted by atomic mass is 35.5. The highest BCUT2D eigenvalue weighted by molar-refractivity contribution is 5.94. The van der Waals surface area contributed by atoms with Gasteiger partial charge in [0.05, 0.1) is 0 Å². The SMILES string of the molecule is Cl.NCc1ccc(C(=O)NCC2(N3CCCCC3)CCOCC2)cc1. The number of likely N-dealkylation sites (tertiary alicyclic amines) is 1. The summed E-state index contributed by atoms with van der Waals surface area (Å²) in [7, 11) is 0. The van der Waals surface area contributed by atoms with E-state index in [0.717, 1.165) is 44.7 Å². The number of hydrogen-bond acceptors (Lipinski definition) is 4. The van der Waals surface area contributed by atoms with Gasteiger partial charge in [0.1, 0.15) is 0 Å². The zero-order valence-electron chi connectivity index (χ0n) is 14.8. The molecule has 6 heteroatoms. The van der Waals surface area contributed by atoms with Crippen LogP contribution in [0.25, 0.3) is 0 Å². The molecule has 5 nitrogen and oxygen atoms in total. The van der Waals surface area contributed by atoms with E-state index >= 15 is 0 Å². The van der Waals surface area contributed by atoms with Crippen LogP contribution in [0.3, 0.4) is 0 Å². The molecule has 3 N–H and O–H groups in total. The number of piperidine rings is 1. The molecule has 1 aromatic carbocycles. The van der Waals surface area contributed by atoms with Crippen molar-refractivity contribution in [2.75, 3.05) is 32.8 Å². The van der Waals surface area contributed by atoms with Crippen molar-refractivity contribution in [3.63, 3.8) is 0 Å². The van der Waals surface area contributed by atoms with Crippen LogP contribution < -0.4 is 11.1 Å². The molecular formula is C19H30ClN3O2. The first-order chi connectivity index (χ1) is 11.7. The fourth-order valence-electron chi connectivity index (χ4n) is 3.86. The average Bonchev–Trinajstić information content (AvgIpc) is 2.67. The van der Waals surface area contributed by atoms with Crippen LogP contribution in [0.2, 0.25) is 0 Å². The van der Waals surface area contributed by atoms with Gasteiger partial charge in [-0.2, -0.15) is 0 Å². The number of carbonyl (C=O) groups is 1. The van der Waals surface area contributed by atoms with Gasteiger partial charge in [0.15, 0.2) is 0 Å². The van der Waals surface area contributed by atoms with E-state index in [2.05, 4.69) is 10.2 Å². The zero-order chi connectivity index (χ0) is 16.8. The summed E-state index contributed by atoms with van der Waals surface area (Å²) < 4.78 is 5.58. The Kier molecular flexibility index (Phi) is 7.69. The van der Waals surface area contributed by atoms with Gasteiger partial charge in [-0.3, -0.25) is 9.69 Å². The highest BCUT2D eigenvalue weighted by Gasteiger charge is 2.39. The summed E-state index contributed by atoms with van der Waals surface area (Å²) in [5, 5.41) is 3.18. The Morgan fingerprint density at radius 3 is 2.36 bits per heavy atom. The lowest BCUT2D eigenvalue weighted by Gasteiger charge is -2.48.